The van der Waals surface area contributed by atoms with Crippen LogP contribution in [0.3, 0.4) is 0 Å². The summed E-state index contributed by atoms with van der Waals surface area (Å²) in [6.07, 6.45) is 3.14. The molecule has 0 fully saturated rings. The molecule has 0 saturated carbocycles. The number of nitrogens with two attached hydrogens (primary N) is 1. The summed E-state index contributed by atoms with van der Waals surface area (Å²) in [5.41, 5.74) is 5.37. The fourth-order valence-electron chi connectivity index (χ4n) is 0.889. The first-order valence-electron chi connectivity index (χ1n) is 4.01. The van der Waals surface area contributed by atoms with Crippen LogP contribution in [-0.4, -0.2) is 29.5 Å². The molecule has 0 radical (unpaired) electrons. The largest absolute Gasteiger partial charge is 0.382 e. The maximum Gasteiger partial charge on any atom is 0.151 e. The molecule has 0 bridgehead atoms. The van der Waals surface area contributed by atoms with Gasteiger partial charge in [-0.05, 0) is 0 Å². The molecular formula is C7H13N3O2S. The Labute approximate surface area is 77.5 Å². The molecule has 0 unspecified atom stereocenters. The van der Waals surface area contributed by atoms with Gasteiger partial charge in [0.15, 0.2) is 9.84 Å². The molecular weight excluding hydrogens is 190 g/mol. The van der Waals surface area contributed by atoms with Crippen molar-refractivity contribution >= 4 is 15.7 Å². The Bertz CT molecular complexity index is 369. The second-order valence-corrected chi connectivity index (χ2v) is 5.25. The van der Waals surface area contributed by atoms with Crippen molar-refractivity contribution in [2.24, 2.45) is 0 Å². The zero-order valence-corrected chi connectivity index (χ0v) is 8.29. The first-order valence-corrected chi connectivity index (χ1v) is 5.83. The van der Waals surface area contributed by atoms with E-state index in [1.54, 1.807) is 17.7 Å². The van der Waals surface area contributed by atoms with E-state index in [0.717, 1.165) is 0 Å². The van der Waals surface area contributed by atoms with E-state index in [1.807, 2.05) is 0 Å². The van der Waals surface area contributed by atoms with Crippen LogP contribution < -0.4 is 5.73 Å². The topological polar surface area (TPSA) is 78.0 Å². The van der Waals surface area contributed by atoms with Crippen molar-refractivity contribution in [2.75, 3.05) is 17.2 Å². The third-order valence-electron chi connectivity index (χ3n) is 1.75. The normalized spacial score (nSPS) is 11.8. The number of sulfone groups is 1. The quantitative estimate of drug-likeness (QED) is 0.741. The molecule has 0 aliphatic heterocycles. The Morgan fingerprint density at radius 2 is 2.31 bits per heavy atom. The maximum atomic E-state index is 11.1. The van der Waals surface area contributed by atoms with E-state index in [4.69, 9.17) is 5.73 Å². The number of hydrogen-bond donors (Lipinski definition) is 1. The number of nitrogen functional groups attached to an aromatic ring is 1. The summed E-state index contributed by atoms with van der Waals surface area (Å²) >= 11 is 0. The Balaban J connectivity index is 2.53. The molecule has 1 heterocycles. The van der Waals surface area contributed by atoms with Crippen LogP contribution in [0.1, 0.15) is 6.92 Å². The lowest BCUT2D eigenvalue weighted by Gasteiger charge is -2.01. The number of rotatable bonds is 4. The summed E-state index contributed by atoms with van der Waals surface area (Å²) in [5, 5.41) is 0. The van der Waals surface area contributed by atoms with Gasteiger partial charge in [-0.1, -0.05) is 6.92 Å². The molecule has 2 N–H and O–H groups in total. The van der Waals surface area contributed by atoms with E-state index in [-0.39, 0.29) is 11.5 Å². The van der Waals surface area contributed by atoms with Gasteiger partial charge in [0.1, 0.15) is 5.82 Å². The third kappa shape index (κ3) is 3.06. The number of anilines is 1. The summed E-state index contributed by atoms with van der Waals surface area (Å²) in [5.74, 6) is 0.727. The van der Waals surface area contributed by atoms with Crippen molar-refractivity contribution in [1.29, 1.82) is 0 Å². The fourth-order valence-corrected chi connectivity index (χ4v) is 1.67. The van der Waals surface area contributed by atoms with E-state index in [2.05, 4.69) is 4.98 Å². The number of imidazole rings is 1. The molecule has 0 saturated heterocycles. The maximum absolute atomic E-state index is 11.1. The zero-order valence-electron chi connectivity index (χ0n) is 7.47. The molecule has 1 aromatic rings. The van der Waals surface area contributed by atoms with Gasteiger partial charge in [-0.15, -0.1) is 0 Å². The summed E-state index contributed by atoms with van der Waals surface area (Å²) in [6.45, 7) is 2.05. The highest BCUT2D eigenvalue weighted by molar-refractivity contribution is 7.91. The Kier molecular flexibility index (Phi) is 2.92. The van der Waals surface area contributed by atoms with Crippen molar-refractivity contribution < 1.29 is 8.42 Å². The standard InChI is InChI=1S/C7H13N3O2S/c1-2-13(11,12)4-3-10-5-7(8)9-6-10/h5-6H,2-4,8H2,1H3. The van der Waals surface area contributed by atoms with E-state index in [0.29, 0.717) is 12.4 Å². The highest BCUT2D eigenvalue weighted by Crippen LogP contribution is 1.98. The molecule has 74 valence electrons. The molecule has 0 amide bonds. The van der Waals surface area contributed by atoms with Crippen LogP contribution in [0.2, 0.25) is 0 Å². The van der Waals surface area contributed by atoms with Crippen molar-refractivity contribution in [3.8, 4) is 0 Å². The number of nitrogens with zero attached hydrogens (tertiary/aromatic N) is 2. The van der Waals surface area contributed by atoms with Gasteiger partial charge in [-0.3, -0.25) is 0 Å². The molecule has 0 aliphatic rings. The fraction of sp³-hybridized carbons (Fsp3) is 0.571. The van der Waals surface area contributed by atoms with Gasteiger partial charge in [-0.2, -0.15) is 0 Å². The van der Waals surface area contributed by atoms with Crippen LogP contribution in [0.4, 0.5) is 5.82 Å². The van der Waals surface area contributed by atoms with Gasteiger partial charge in [0.2, 0.25) is 0 Å². The summed E-state index contributed by atoms with van der Waals surface area (Å²) in [7, 11) is -2.90. The lowest BCUT2D eigenvalue weighted by atomic mass is 10.7. The molecule has 0 aliphatic carbocycles. The first kappa shape index (κ1) is 10.0. The summed E-state index contributed by atoms with van der Waals surface area (Å²) < 4.78 is 23.9. The number of hydrogen-bond acceptors (Lipinski definition) is 4. The predicted molar refractivity (Wildman–Crippen MR) is 51.0 cm³/mol. The van der Waals surface area contributed by atoms with Crippen molar-refractivity contribution in [1.82, 2.24) is 9.55 Å². The van der Waals surface area contributed by atoms with Crippen LogP contribution in [0.15, 0.2) is 12.5 Å². The van der Waals surface area contributed by atoms with Gasteiger partial charge >= 0.3 is 0 Å². The Morgan fingerprint density at radius 3 is 2.77 bits per heavy atom. The van der Waals surface area contributed by atoms with Crippen LogP contribution in [0.25, 0.3) is 0 Å². The molecule has 0 spiro atoms. The molecule has 0 aromatic carbocycles. The smallest absolute Gasteiger partial charge is 0.151 e. The van der Waals surface area contributed by atoms with Crippen molar-refractivity contribution in [2.45, 2.75) is 13.5 Å². The molecule has 6 heteroatoms. The van der Waals surface area contributed by atoms with Gasteiger partial charge in [-0.25, -0.2) is 13.4 Å². The van der Waals surface area contributed by atoms with Crippen LogP contribution >= 0.6 is 0 Å². The number of aromatic nitrogens is 2. The first-order chi connectivity index (χ1) is 6.03. The molecule has 1 rings (SSSR count). The van der Waals surface area contributed by atoms with E-state index < -0.39 is 9.84 Å². The average Bonchev–Trinajstić information content (AvgIpc) is 2.48. The lowest BCUT2D eigenvalue weighted by molar-refractivity contribution is 0.590. The van der Waals surface area contributed by atoms with Crippen LogP contribution in [-0.2, 0) is 16.4 Å². The average molecular weight is 203 g/mol. The minimum atomic E-state index is -2.90. The minimum absolute atomic E-state index is 0.138. The van der Waals surface area contributed by atoms with Gasteiger partial charge in [0.25, 0.3) is 0 Å². The highest BCUT2D eigenvalue weighted by atomic mass is 32.2. The zero-order chi connectivity index (χ0) is 9.90. The molecule has 0 atom stereocenters. The highest BCUT2D eigenvalue weighted by Gasteiger charge is 2.06. The van der Waals surface area contributed by atoms with Gasteiger partial charge in [0, 0.05) is 18.5 Å². The van der Waals surface area contributed by atoms with Crippen molar-refractivity contribution in [3.05, 3.63) is 12.5 Å². The van der Waals surface area contributed by atoms with Crippen LogP contribution in [0.5, 0.6) is 0 Å². The second-order valence-electron chi connectivity index (χ2n) is 2.77. The second kappa shape index (κ2) is 3.78. The third-order valence-corrected chi connectivity index (χ3v) is 3.44. The molecule has 13 heavy (non-hydrogen) atoms. The monoisotopic (exact) mass is 203 g/mol. The summed E-state index contributed by atoms with van der Waals surface area (Å²) in [4.78, 5) is 3.79. The van der Waals surface area contributed by atoms with Gasteiger partial charge < -0.3 is 10.3 Å². The van der Waals surface area contributed by atoms with E-state index in [9.17, 15) is 8.42 Å². The van der Waals surface area contributed by atoms with Crippen LogP contribution in [0, 0.1) is 0 Å². The van der Waals surface area contributed by atoms with E-state index in [1.165, 1.54) is 6.33 Å². The number of aryl methyl sites for hydroxylation is 1. The lowest BCUT2D eigenvalue weighted by Crippen LogP contribution is -2.13. The van der Waals surface area contributed by atoms with Crippen molar-refractivity contribution in [3.63, 3.8) is 0 Å². The van der Waals surface area contributed by atoms with Gasteiger partial charge in [0.05, 0.1) is 12.1 Å². The molecule has 1 aromatic heterocycles. The Morgan fingerprint density at radius 1 is 1.62 bits per heavy atom. The SMILES string of the molecule is CCS(=O)(=O)CCn1cnc(N)c1. The minimum Gasteiger partial charge on any atom is -0.382 e. The predicted octanol–water partition coefficient (Wildman–Crippen LogP) is -0.100. The van der Waals surface area contributed by atoms with E-state index >= 15 is 0 Å². The summed E-state index contributed by atoms with van der Waals surface area (Å²) in [6, 6.07) is 0. The Hall–Kier alpha value is -1.04. The molecule has 5 nitrogen and oxygen atoms in total.